The van der Waals surface area contributed by atoms with Gasteiger partial charge in [-0.25, -0.2) is 0 Å². The summed E-state index contributed by atoms with van der Waals surface area (Å²) in [6, 6.07) is 15.8. The largest absolute Gasteiger partial charge is 0.354 e. The molecule has 1 heterocycles. The molecule has 30 heavy (non-hydrogen) atoms. The summed E-state index contributed by atoms with van der Waals surface area (Å²) in [6.07, 6.45) is 4.55. The fourth-order valence-corrected chi connectivity index (χ4v) is 4.81. The first kappa shape index (κ1) is 20.4. The molecule has 2 aromatic carbocycles. The molecular formula is C24H24N2O3S. The minimum atomic E-state index is -0.303. The Balaban J connectivity index is 1.35. The van der Waals surface area contributed by atoms with Gasteiger partial charge in [-0.2, -0.15) is 0 Å². The van der Waals surface area contributed by atoms with Gasteiger partial charge in [0.15, 0.2) is 0 Å². The van der Waals surface area contributed by atoms with Gasteiger partial charge < -0.3 is 5.32 Å². The third kappa shape index (κ3) is 4.33. The Hall–Kier alpha value is -2.86. The van der Waals surface area contributed by atoms with Crippen LogP contribution in [0.5, 0.6) is 0 Å². The van der Waals surface area contributed by atoms with E-state index in [1.54, 1.807) is 6.08 Å². The van der Waals surface area contributed by atoms with Crippen molar-refractivity contribution >= 4 is 34.9 Å². The maximum atomic E-state index is 12.7. The van der Waals surface area contributed by atoms with Crippen LogP contribution in [0.2, 0.25) is 0 Å². The summed E-state index contributed by atoms with van der Waals surface area (Å²) in [7, 11) is 0. The standard InChI is InChI=1S/C24H24N2O3S/c1-16-9-11-17(12-10-16)15-21-23(28)26(24(29)30-21)14-13-25-22(27)20-8-4-6-18-5-2-3-7-19(18)20/h2-3,5,7,9-12,15,20H,4,6,8,13-14H2,1H3,(H,25,27). The second kappa shape index (κ2) is 8.88. The number of hydrogen-bond acceptors (Lipinski definition) is 4. The number of nitrogens with zero attached hydrogens (tertiary/aromatic N) is 1. The molecule has 2 aliphatic rings. The van der Waals surface area contributed by atoms with Crippen LogP contribution < -0.4 is 5.32 Å². The number of aryl methyl sites for hydroxylation is 2. The van der Waals surface area contributed by atoms with Crippen molar-refractivity contribution in [2.24, 2.45) is 0 Å². The molecule has 1 saturated heterocycles. The maximum Gasteiger partial charge on any atom is 0.293 e. The van der Waals surface area contributed by atoms with Crippen LogP contribution in [0.1, 0.15) is 41.0 Å². The molecule has 2 aromatic rings. The molecule has 0 bridgehead atoms. The van der Waals surface area contributed by atoms with Gasteiger partial charge >= 0.3 is 0 Å². The lowest BCUT2D eigenvalue weighted by Crippen LogP contribution is -2.39. The van der Waals surface area contributed by atoms with Gasteiger partial charge in [-0.1, -0.05) is 54.1 Å². The highest BCUT2D eigenvalue weighted by Gasteiger charge is 2.35. The van der Waals surface area contributed by atoms with Crippen LogP contribution >= 0.6 is 11.8 Å². The summed E-state index contributed by atoms with van der Waals surface area (Å²) in [5.74, 6) is -0.501. The summed E-state index contributed by atoms with van der Waals surface area (Å²) >= 11 is 0.944. The lowest BCUT2D eigenvalue weighted by Gasteiger charge is -2.25. The normalized spacial score (nSPS) is 19.8. The Labute approximate surface area is 180 Å². The Morgan fingerprint density at radius 1 is 1.17 bits per heavy atom. The SMILES string of the molecule is Cc1ccc(C=C2SC(=O)N(CCNC(=O)C3CCCc4ccccc43)C2=O)cc1. The highest BCUT2D eigenvalue weighted by atomic mass is 32.2. The van der Waals surface area contributed by atoms with Gasteiger partial charge in [0.1, 0.15) is 0 Å². The third-order valence-corrected chi connectivity index (χ3v) is 6.48. The first-order valence-corrected chi connectivity index (χ1v) is 11.0. The lowest BCUT2D eigenvalue weighted by molar-refractivity contribution is -0.125. The average Bonchev–Trinajstić information content (AvgIpc) is 3.02. The van der Waals surface area contributed by atoms with Gasteiger partial charge in [0.25, 0.3) is 11.1 Å². The summed E-state index contributed by atoms with van der Waals surface area (Å²) < 4.78 is 0. The summed E-state index contributed by atoms with van der Waals surface area (Å²) in [5, 5.41) is 2.62. The smallest absolute Gasteiger partial charge is 0.293 e. The molecule has 0 saturated carbocycles. The zero-order valence-corrected chi connectivity index (χ0v) is 17.7. The molecule has 154 valence electrons. The topological polar surface area (TPSA) is 66.5 Å². The van der Waals surface area contributed by atoms with Gasteiger partial charge in [0.05, 0.1) is 10.8 Å². The molecule has 5 nitrogen and oxygen atoms in total. The zero-order valence-electron chi connectivity index (χ0n) is 16.9. The van der Waals surface area contributed by atoms with Crippen molar-refractivity contribution in [2.75, 3.05) is 13.1 Å². The number of hydrogen-bond donors (Lipinski definition) is 1. The van der Waals surface area contributed by atoms with Crippen LogP contribution in [0, 0.1) is 6.92 Å². The van der Waals surface area contributed by atoms with E-state index in [0.29, 0.717) is 4.91 Å². The monoisotopic (exact) mass is 420 g/mol. The highest BCUT2D eigenvalue weighted by Crippen LogP contribution is 2.33. The van der Waals surface area contributed by atoms with Gasteiger partial charge in [-0.3, -0.25) is 19.3 Å². The first-order chi connectivity index (χ1) is 14.5. The molecule has 1 N–H and O–H groups in total. The van der Waals surface area contributed by atoms with Crippen molar-refractivity contribution in [1.82, 2.24) is 10.2 Å². The van der Waals surface area contributed by atoms with E-state index in [4.69, 9.17) is 0 Å². The van der Waals surface area contributed by atoms with Crippen LogP contribution in [-0.4, -0.2) is 35.0 Å². The molecule has 1 fully saturated rings. The minimum absolute atomic E-state index is 0.0377. The van der Waals surface area contributed by atoms with E-state index in [1.165, 1.54) is 10.5 Å². The molecule has 1 unspecified atom stereocenters. The molecule has 0 spiro atoms. The second-order valence-electron chi connectivity index (χ2n) is 7.68. The number of thioether (sulfide) groups is 1. The van der Waals surface area contributed by atoms with E-state index in [1.807, 2.05) is 49.4 Å². The minimum Gasteiger partial charge on any atom is -0.354 e. The van der Waals surface area contributed by atoms with Gasteiger partial charge in [0.2, 0.25) is 5.91 Å². The maximum absolute atomic E-state index is 12.7. The fourth-order valence-electron chi connectivity index (χ4n) is 3.95. The molecule has 0 aromatic heterocycles. The molecule has 1 aliphatic heterocycles. The van der Waals surface area contributed by atoms with Gasteiger partial charge in [0, 0.05) is 13.1 Å². The van der Waals surface area contributed by atoms with Crippen molar-refractivity contribution in [3.8, 4) is 0 Å². The third-order valence-electron chi connectivity index (χ3n) is 5.57. The predicted octanol–water partition coefficient (Wildman–Crippen LogP) is 4.27. The Morgan fingerprint density at radius 2 is 1.93 bits per heavy atom. The molecule has 3 amide bonds. The number of carbonyl (C=O) groups excluding carboxylic acids is 3. The van der Waals surface area contributed by atoms with E-state index in [0.717, 1.165) is 47.7 Å². The lowest BCUT2D eigenvalue weighted by atomic mass is 9.82. The number of nitrogens with one attached hydrogen (secondary N) is 1. The molecule has 6 heteroatoms. The number of fused-ring (bicyclic) bond motifs is 1. The zero-order chi connectivity index (χ0) is 21.1. The highest BCUT2D eigenvalue weighted by molar-refractivity contribution is 8.18. The average molecular weight is 421 g/mol. The molecular weight excluding hydrogens is 396 g/mol. The Kier molecular flexibility index (Phi) is 6.04. The van der Waals surface area contributed by atoms with Crippen LogP contribution in [0.15, 0.2) is 53.4 Å². The quantitative estimate of drug-likeness (QED) is 0.734. The first-order valence-electron chi connectivity index (χ1n) is 10.2. The number of amides is 3. The van der Waals surface area contributed by atoms with E-state index >= 15 is 0 Å². The summed E-state index contributed by atoms with van der Waals surface area (Å²) in [5.41, 5.74) is 4.34. The van der Waals surface area contributed by atoms with E-state index in [9.17, 15) is 14.4 Å². The van der Waals surface area contributed by atoms with Gasteiger partial charge in [-0.15, -0.1) is 0 Å². The van der Waals surface area contributed by atoms with Crippen LogP contribution in [0.4, 0.5) is 4.79 Å². The Bertz CT molecular complexity index is 1010. The van der Waals surface area contributed by atoms with E-state index in [-0.39, 0.29) is 36.1 Å². The van der Waals surface area contributed by atoms with E-state index in [2.05, 4.69) is 11.4 Å². The van der Waals surface area contributed by atoms with Crippen LogP contribution in [-0.2, 0) is 16.0 Å². The van der Waals surface area contributed by atoms with Crippen LogP contribution in [0.3, 0.4) is 0 Å². The summed E-state index contributed by atoms with van der Waals surface area (Å²) in [4.78, 5) is 39.3. The molecule has 4 rings (SSSR count). The number of benzene rings is 2. The second-order valence-corrected chi connectivity index (χ2v) is 8.67. The van der Waals surface area contributed by atoms with Crippen molar-refractivity contribution in [3.63, 3.8) is 0 Å². The van der Waals surface area contributed by atoms with Crippen molar-refractivity contribution in [1.29, 1.82) is 0 Å². The van der Waals surface area contributed by atoms with Gasteiger partial charge in [-0.05, 0) is 60.7 Å². The number of rotatable bonds is 5. The molecule has 1 aliphatic carbocycles. The molecule has 1 atom stereocenters. The van der Waals surface area contributed by atoms with Crippen molar-refractivity contribution in [2.45, 2.75) is 32.1 Å². The molecule has 0 radical (unpaired) electrons. The van der Waals surface area contributed by atoms with Crippen LogP contribution in [0.25, 0.3) is 6.08 Å². The van der Waals surface area contributed by atoms with E-state index < -0.39 is 0 Å². The van der Waals surface area contributed by atoms with Crippen molar-refractivity contribution < 1.29 is 14.4 Å². The number of imide groups is 1. The predicted molar refractivity (Wildman–Crippen MR) is 119 cm³/mol. The van der Waals surface area contributed by atoms with Crippen molar-refractivity contribution in [3.05, 3.63) is 75.7 Å². The summed E-state index contributed by atoms with van der Waals surface area (Å²) in [6.45, 7) is 2.43. The fraction of sp³-hybridized carbons (Fsp3) is 0.292. The number of carbonyl (C=O) groups is 3. The Morgan fingerprint density at radius 3 is 2.73 bits per heavy atom.